The predicted octanol–water partition coefficient (Wildman–Crippen LogP) is 1.88. The summed E-state index contributed by atoms with van der Waals surface area (Å²) in [5.74, 6) is -0.589. The highest BCUT2D eigenvalue weighted by molar-refractivity contribution is 5.70. The Bertz CT molecular complexity index is 405. The molecule has 1 rings (SSSR count). The van der Waals surface area contributed by atoms with Gasteiger partial charge in [0.1, 0.15) is 11.5 Å². The fourth-order valence-electron chi connectivity index (χ4n) is 1.63. The Labute approximate surface area is 99.1 Å². The van der Waals surface area contributed by atoms with E-state index in [0.29, 0.717) is 29.9 Å². The molecule has 1 heterocycles. The number of hydrogen-bond acceptors (Lipinski definition) is 3. The molecule has 0 saturated carbocycles. The Morgan fingerprint density at radius 3 is 2.47 bits per heavy atom. The number of rotatable bonds is 7. The van der Waals surface area contributed by atoms with Gasteiger partial charge in [0.05, 0.1) is 12.8 Å². The zero-order valence-corrected chi connectivity index (χ0v) is 9.73. The van der Waals surface area contributed by atoms with Crippen molar-refractivity contribution in [3.63, 3.8) is 0 Å². The molecule has 0 amide bonds. The lowest BCUT2D eigenvalue weighted by atomic mass is 10.1. The van der Waals surface area contributed by atoms with Crippen LogP contribution in [0.15, 0.2) is 10.5 Å². The van der Waals surface area contributed by atoms with Crippen LogP contribution in [0, 0.1) is 0 Å². The number of furan rings is 1. The normalized spacial score (nSPS) is 10.4. The molecular weight excluding hydrogens is 224 g/mol. The molecule has 1 aromatic heterocycles. The smallest absolute Gasteiger partial charge is 0.307 e. The van der Waals surface area contributed by atoms with Crippen LogP contribution in [0.4, 0.5) is 0 Å². The van der Waals surface area contributed by atoms with Gasteiger partial charge in [0.2, 0.25) is 0 Å². The van der Waals surface area contributed by atoms with Gasteiger partial charge in [-0.15, -0.1) is 0 Å². The molecule has 0 atom stereocenters. The molecule has 17 heavy (non-hydrogen) atoms. The minimum Gasteiger partial charge on any atom is -0.481 e. The minimum absolute atomic E-state index is 0.00834. The minimum atomic E-state index is -0.909. The van der Waals surface area contributed by atoms with Gasteiger partial charge in [0.15, 0.2) is 0 Å². The molecule has 0 radical (unpaired) electrons. The van der Waals surface area contributed by atoms with Crippen molar-refractivity contribution < 1.29 is 24.2 Å². The van der Waals surface area contributed by atoms with Crippen molar-refractivity contribution >= 4 is 11.9 Å². The zero-order chi connectivity index (χ0) is 12.8. The van der Waals surface area contributed by atoms with E-state index in [1.807, 2.05) is 6.92 Å². The Hall–Kier alpha value is -1.78. The number of hydrogen-bond donors (Lipinski definition) is 2. The highest BCUT2D eigenvalue weighted by atomic mass is 16.4. The SMILES string of the molecule is CCCc1oc(CCC(=O)O)cc1CC(=O)O. The van der Waals surface area contributed by atoms with E-state index in [4.69, 9.17) is 14.6 Å². The van der Waals surface area contributed by atoms with E-state index in [2.05, 4.69) is 0 Å². The molecule has 5 nitrogen and oxygen atoms in total. The van der Waals surface area contributed by atoms with Crippen LogP contribution in [-0.2, 0) is 28.9 Å². The van der Waals surface area contributed by atoms with E-state index >= 15 is 0 Å². The van der Waals surface area contributed by atoms with Crippen molar-refractivity contribution in [3.05, 3.63) is 23.2 Å². The second kappa shape index (κ2) is 6.08. The summed E-state index contributed by atoms with van der Waals surface area (Å²) in [6.07, 6.45) is 1.75. The standard InChI is InChI=1S/C12H16O5/c1-2-3-10-8(7-12(15)16)6-9(17-10)4-5-11(13)14/h6H,2-5,7H2,1H3,(H,13,14)(H,15,16). The molecular formula is C12H16O5. The van der Waals surface area contributed by atoms with Gasteiger partial charge in [0.25, 0.3) is 0 Å². The molecule has 0 aliphatic heterocycles. The van der Waals surface area contributed by atoms with E-state index in [1.54, 1.807) is 6.07 Å². The van der Waals surface area contributed by atoms with Crippen LogP contribution in [0.3, 0.4) is 0 Å². The highest BCUT2D eigenvalue weighted by Gasteiger charge is 2.13. The van der Waals surface area contributed by atoms with Gasteiger partial charge in [-0.05, 0) is 12.5 Å². The molecule has 0 unspecified atom stereocenters. The second-order valence-electron chi connectivity index (χ2n) is 3.88. The van der Waals surface area contributed by atoms with E-state index in [1.165, 1.54) is 0 Å². The van der Waals surface area contributed by atoms with E-state index < -0.39 is 11.9 Å². The van der Waals surface area contributed by atoms with Crippen LogP contribution in [0.2, 0.25) is 0 Å². The van der Waals surface area contributed by atoms with Gasteiger partial charge in [-0.2, -0.15) is 0 Å². The van der Waals surface area contributed by atoms with Gasteiger partial charge in [0, 0.05) is 18.4 Å². The molecule has 0 aliphatic carbocycles. The molecule has 0 fully saturated rings. The van der Waals surface area contributed by atoms with Crippen molar-refractivity contribution in [1.82, 2.24) is 0 Å². The van der Waals surface area contributed by atoms with Crippen molar-refractivity contribution in [1.29, 1.82) is 0 Å². The van der Waals surface area contributed by atoms with Crippen molar-refractivity contribution in [2.75, 3.05) is 0 Å². The number of carbonyl (C=O) groups is 2. The van der Waals surface area contributed by atoms with Crippen LogP contribution < -0.4 is 0 Å². The highest BCUT2D eigenvalue weighted by Crippen LogP contribution is 2.19. The van der Waals surface area contributed by atoms with Gasteiger partial charge < -0.3 is 14.6 Å². The van der Waals surface area contributed by atoms with Crippen molar-refractivity contribution in [2.45, 2.75) is 39.0 Å². The number of carboxylic acid groups (broad SMARTS) is 2. The predicted molar refractivity (Wildman–Crippen MR) is 60.0 cm³/mol. The van der Waals surface area contributed by atoms with Gasteiger partial charge >= 0.3 is 11.9 Å². The van der Waals surface area contributed by atoms with Crippen LogP contribution in [-0.4, -0.2) is 22.2 Å². The Balaban J connectivity index is 2.79. The summed E-state index contributed by atoms with van der Waals surface area (Å²) in [7, 11) is 0. The lowest BCUT2D eigenvalue weighted by Gasteiger charge is -1.97. The molecule has 2 N–H and O–H groups in total. The number of aryl methyl sites for hydroxylation is 2. The molecule has 0 aliphatic rings. The maximum absolute atomic E-state index is 10.7. The van der Waals surface area contributed by atoms with Gasteiger partial charge in [-0.3, -0.25) is 9.59 Å². The van der Waals surface area contributed by atoms with E-state index in [-0.39, 0.29) is 12.8 Å². The zero-order valence-electron chi connectivity index (χ0n) is 9.73. The summed E-state index contributed by atoms with van der Waals surface area (Å²) in [5.41, 5.74) is 0.653. The third-order valence-electron chi connectivity index (χ3n) is 2.35. The lowest BCUT2D eigenvalue weighted by Crippen LogP contribution is -2.01. The molecule has 0 saturated heterocycles. The first kappa shape index (κ1) is 13.3. The van der Waals surface area contributed by atoms with Crippen LogP contribution >= 0.6 is 0 Å². The van der Waals surface area contributed by atoms with Crippen molar-refractivity contribution in [2.24, 2.45) is 0 Å². The maximum Gasteiger partial charge on any atom is 0.307 e. The van der Waals surface area contributed by atoms with Crippen LogP contribution in [0.1, 0.15) is 36.8 Å². The Morgan fingerprint density at radius 1 is 1.24 bits per heavy atom. The number of carboxylic acids is 2. The Kier molecular flexibility index (Phi) is 4.75. The summed E-state index contributed by atoms with van der Waals surface area (Å²) < 4.78 is 5.48. The molecule has 5 heteroatoms. The van der Waals surface area contributed by atoms with Gasteiger partial charge in [-0.1, -0.05) is 6.92 Å². The maximum atomic E-state index is 10.7. The second-order valence-corrected chi connectivity index (χ2v) is 3.88. The van der Waals surface area contributed by atoms with Gasteiger partial charge in [-0.25, -0.2) is 0 Å². The quantitative estimate of drug-likeness (QED) is 0.759. The molecule has 0 spiro atoms. The van der Waals surface area contributed by atoms with E-state index in [9.17, 15) is 9.59 Å². The third-order valence-corrected chi connectivity index (χ3v) is 2.35. The molecule has 94 valence electrons. The average molecular weight is 240 g/mol. The summed E-state index contributed by atoms with van der Waals surface area (Å²) in [4.78, 5) is 21.1. The Morgan fingerprint density at radius 2 is 1.94 bits per heavy atom. The van der Waals surface area contributed by atoms with E-state index in [0.717, 1.165) is 6.42 Å². The summed E-state index contributed by atoms with van der Waals surface area (Å²) in [6.45, 7) is 1.98. The summed E-state index contributed by atoms with van der Waals surface area (Å²) >= 11 is 0. The van der Waals surface area contributed by atoms with Crippen LogP contribution in [0.5, 0.6) is 0 Å². The first-order valence-electron chi connectivity index (χ1n) is 5.57. The molecule has 0 aromatic carbocycles. The first-order valence-corrected chi connectivity index (χ1v) is 5.57. The summed E-state index contributed by atoms with van der Waals surface area (Å²) in [5, 5.41) is 17.3. The molecule has 1 aromatic rings. The summed E-state index contributed by atoms with van der Waals surface area (Å²) in [6, 6.07) is 1.65. The average Bonchev–Trinajstić information content (AvgIpc) is 2.58. The monoisotopic (exact) mass is 240 g/mol. The van der Waals surface area contributed by atoms with Crippen molar-refractivity contribution in [3.8, 4) is 0 Å². The topological polar surface area (TPSA) is 87.7 Å². The molecule has 0 bridgehead atoms. The number of aliphatic carboxylic acids is 2. The van der Waals surface area contributed by atoms with Crippen LogP contribution in [0.25, 0.3) is 0 Å². The largest absolute Gasteiger partial charge is 0.481 e. The first-order chi connectivity index (χ1) is 8.02. The fraction of sp³-hybridized carbons (Fsp3) is 0.500. The third kappa shape index (κ3) is 4.30. The fourth-order valence-corrected chi connectivity index (χ4v) is 1.63. The lowest BCUT2D eigenvalue weighted by molar-refractivity contribution is -0.137.